The van der Waals surface area contributed by atoms with Gasteiger partial charge in [-0.2, -0.15) is 0 Å². The van der Waals surface area contributed by atoms with Crippen molar-refractivity contribution in [2.75, 3.05) is 0 Å². The number of halogens is 2. The third-order valence-corrected chi connectivity index (χ3v) is 1.67. The van der Waals surface area contributed by atoms with Crippen molar-refractivity contribution in [1.29, 1.82) is 0 Å². The fourth-order valence-electron chi connectivity index (χ4n) is 0.991. The van der Waals surface area contributed by atoms with E-state index in [2.05, 4.69) is 4.98 Å². The van der Waals surface area contributed by atoms with Crippen LogP contribution >= 0.6 is 0 Å². The van der Waals surface area contributed by atoms with Gasteiger partial charge in [0.2, 0.25) is 0 Å². The van der Waals surface area contributed by atoms with E-state index in [1.165, 1.54) is 0 Å². The van der Waals surface area contributed by atoms with Gasteiger partial charge >= 0.3 is 0 Å². The standard InChI is InChI=1S/C8H8F2N2O2/c9-8(10)7-4(3-13)1-6(14)5(2-11)12-7/h1,3,8,14H,2,11H2. The molecule has 6 heteroatoms. The number of pyridine rings is 1. The first-order chi connectivity index (χ1) is 6.60. The molecule has 0 amide bonds. The average Bonchev–Trinajstić information content (AvgIpc) is 2.16. The van der Waals surface area contributed by atoms with E-state index >= 15 is 0 Å². The minimum atomic E-state index is -2.86. The monoisotopic (exact) mass is 202 g/mol. The third kappa shape index (κ3) is 1.85. The van der Waals surface area contributed by atoms with Crippen LogP contribution in [0.4, 0.5) is 8.78 Å². The maximum absolute atomic E-state index is 12.3. The Morgan fingerprint density at radius 3 is 2.71 bits per heavy atom. The van der Waals surface area contributed by atoms with Crippen LogP contribution < -0.4 is 5.73 Å². The van der Waals surface area contributed by atoms with Crippen LogP contribution in [0.3, 0.4) is 0 Å². The van der Waals surface area contributed by atoms with Crippen LogP contribution in [0.2, 0.25) is 0 Å². The molecule has 0 radical (unpaired) electrons. The fourth-order valence-corrected chi connectivity index (χ4v) is 0.991. The number of alkyl halides is 2. The predicted molar refractivity (Wildman–Crippen MR) is 44.1 cm³/mol. The molecule has 0 atom stereocenters. The summed E-state index contributed by atoms with van der Waals surface area (Å²) in [5.74, 6) is -0.348. The molecule has 1 heterocycles. The van der Waals surface area contributed by atoms with Crippen LogP contribution in [0.25, 0.3) is 0 Å². The Labute approximate surface area is 78.4 Å². The van der Waals surface area contributed by atoms with Crippen molar-refractivity contribution in [3.8, 4) is 5.75 Å². The highest BCUT2D eigenvalue weighted by molar-refractivity contribution is 5.77. The first-order valence-electron chi connectivity index (χ1n) is 3.76. The van der Waals surface area contributed by atoms with Crippen LogP contribution in [-0.2, 0) is 6.54 Å². The summed E-state index contributed by atoms with van der Waals surface area (Å²) in [6, 6.07) is 0.934. The number of aromatic nitrogens is 1. The van der Waals surface area contributed by atoms with Gasteiger partial charge in [0.25, 0.3) is 6.43 Å². The molecule has 0 saturated heterocycles. The van der Waals surface area contributed by atoms with E-state index < -0.39 is 12.1 Å². The molecule has 0 fully saturated rings. The number of carbonyl (C=O) groups excluding carboxylic acids is 1. The highest BCUT2D eigenvalue weighted by atomic mass is 19.3. The average molecular weight is 202 g/mol. The molecule has 1 aromatic heterocycles. The minimum absolute atomic E-state index is 0.0501. The summed E-state index contributed by atoms with van der Waals surface area (Å²) in [4.78, 5) is 13.8. The van der Waals surface area contributed by atoms with Crippen molar-refractivity contribution in [2.24, 2.45) is 5.73 Å². The zero-order chi connectivity index (χ0) is 10.7. The molecule has 14 heavy (non-hydrogen) atoms. The number of carbonyl (C=O) groups is 1. The second-order valence-corrected chi connectivity index (χ2v) is 2.55. The molecule has 0 aliphatic rings. The smallest absolute Gasteiger partial charge is 0.281 e. The van der Waals surface area contributed by atoms with Crippen LogP contribution in [0, 0.1) is 0 Å². The lowest BCUT2D eigenvalue weighted by Crippen LogP contribution is -2.06. The molecule has 0 spiro atoms. The topological polar surface area (TPSA) is 76.2 Å². The summed E-state index contributed by atoms with van der Waals surface area (Å²) in [6.07, 6.45) is -2.64. The summed E-state index contributed by atoms with van der Waals surface area (Å²) < 4.78 is 24.6. The van der Waals surface area contributed by atoms with Crippen LogP contribution in [0.5, 0.6) is 5.75 Å². The Bertz CT molecular complexity index is 355. The Balaban J connectivity index is 3.32. The highest BCUT2D eigenvalue weighted by Gasteiger charge is 2.17. The van der Waals surface area contributed by atoms with E-state index in [0.717, 1.165) is 6.07 Å². The fraction of sp³-hybridized carbons (Fsp3) is 0.250. The molecule has 0 bridgehead atoms. The normalized spacial score (nSPS) is 10.6. The molecule has 0 aromatic carbocycles. The SMILES string of the molecule is NCc1nc(C(F)F)c(C=O)cc1O. The van der Waals surface area contributed by atoms with Crippen LogP contribution in [0.1, 0.15) is 28.2 Å². The van der Waals surface area contributed by atoms with E-state index in [1.807, 2.05) is 0 Å². The second-order valence-electron chi connectivity index (χ2n) is 2.55. The first kappa shape index (κ1) is 10.5. The van der Waals surface area contributed by atoms with Crippen molar-refractivity contribution in [3.63, 3.8) is 0 Å². The molecular weight excluding hydrogens is 194 g/mol. The molecular formula is C8H8F2N2O2. The van der Waals surface area contributed by atoms with Gasteiger partial charge in [-0.25, -0.2) is 13.8 Å². The van der Waals surface area contributed by atoms with E-state index in [4.69, 9.17) is 5.73 Å². The lowest BCUT2D eigenvalue weighted by atomic mass is 10.1. The Hall–Kier alpha value is -1.56. The van der Waals surface area contributed by atoms with E-state index in [0.29, 0.717) is 0 Å². The van der Waals surface area contributed by atoms with Crippen molar-refractivity contribution >= 4 is 6.29 Å². The summed E-state index contributed by atoms with van der Waals surface area (Å²) in [7, 11) is 0. The number of hydrogen-bond acceptors (Lipinski definition) is 4. The number of nitrogens with two attached hydrogens (primary N) is 1. The molecule has 0 aliphatic carbocycles. The van der Waals surface area contributed by atoms with Gasteiger partial charge in [0.05, 0.1) is 5.69 Å². The van der Waals surface area contributed by atoms with Gasteiger partial charge < -0.3 is 10.8 Å². The van der Waals surface area contributed by atoms with Crippen molar-refractivity contribution in [3.05, 3.63) is 23.0 Å². The van der Waals surface area contributed by atoms with Gasteiger partial charge in [-0.3, -0.25) is 4.79 Å². The zero-order valence-electron chi connectivity index (χ0n) is 7.08. The van der Waals surface area contributed by atoms with Gasteiger partial charge in [0, 0.05) is 12.1 Å². The molecule has 76 valence electrons. The van der Waals surface area contributed by atoms with E-state index in [1.54, 1.807) is 0 Å². The minimum Gasteiger partial charge on any atom is -0.506 e. The molecule has 4 nitrogen and oxygen atoms in total. The van der Waals surface area contributed by atoms with Gasteiger partial charge in [0.15, 0.2) is 6.29 Å². The largest absolute Gasteiger partial charge is 0.506 e. The number of hydrogen-bond donors (Lipinski definition) is 2. The predicted octanol–water partition coefficient (Wildman–Crippen LogP) is 0.996. The lowest BCUT2D eigenvalue weighted by Gasteiger charge is -2.06. The quantitative estimate of drug-likeness (QED) is 0.717. The Morgan fingerprint density at radius 2 is 2.29 bits per heavy atom. The van der Waals surface area contributed by atoms with Gasteiger partial charge in [0.1, 0.15) is 11.4 Å². The van der Waals surface area contributed by atoms with Gasteiger partial charge in [-0.1, -0.05) is 0 Å². The number of nitrogens with zero attached hydrogens (tertiary/aromatic N) is 1. The summed E-state index contributed by atoms with van der Waals surface area (Å²) in [5, 5.41) is 9.18. The molecule has 0 unspecified atom stereocenters. The zero-order valence-corrected chi connectivity index (χ0v) is 7.08. The van der Waals surface area contributed by atoms with Crippen molar-refractivity contribution in [2.45, 2.75) is 13.0 Å². The molecule has 0 aliphatic heterocycles. The number of aldehydes is 1. The highest BCUT2D eigenvalue weighted by Crippen LogP contribution is 2.25. The van der Waals surface area contributed by atoms with E-state index in [-0.39, 0.29) is 29.8 Å². The van der Waals surface area contributed by atoms with Crippen molar-refractivity contribution < 1.29 is 18.7 Å². The first-order valence-corrected chi connectivity index (χ1v) is 3.76. The molecule has 0 saturated carbocycles. The molecule has 1 rings (SSSR count). The summed E-state index contributed by atoms with van der Waals surface area (Å²) in [6.45, 7) is -0.162. The maximum Gasteiger partial charge on any atom is 0.281 e. The molecule has 3 N–H and O–H groups in total. The number of aromatic hydroxyl groups is 1. The van der Waals surface area contributed by atoms with Crippen LogP contribution in [0.15, 0.2) is 6.07 Å². The van der Waals surface area contributed by atoms with Gasteiger partial charge in [-0.15, -0.1) is 0 Å². The van der Waals surface area contributed by atoms with Gasteiger partial charge in [-0.05, 0) is 6.07 Å². The summed E-state index contributed by atoms with van der Waals surface area (Å²) >= 11 is 0. The lowest BCUT2D eigenvalue weighted by molar-refractivity contribution is 0.110. The Kier molecular flexibility index (Phi) is 3.08. The number of rotatable bonds is 3. The third-order valence-electron chi connectivity index (χ3n) is 1.67. The Morgan fingerprint density at radius 1 is 1.64 bits per heavy atom. The molecule has 1 aromatic rings. The summed E-state index contributed by atoms with van der Waals surface area (Å²) in [5.41, 5.74) is 4.13. The second kappa shape index (κ2) is 4.10. The van der Waals surface area contributed by atoms with Crippen molar-refractivity contribution in [1.82, 2.24) is 4.98 Å². The van der Waals surface area contributed by atoms with E-state index in [9.17, 15) is 18.7 Å². The van der Waals surface area contributed by atoms with Crippen LogP contribution in [-0.4, -0.2) is 16.4 Å². The maximum atomic E-state index is 12.3.